The molecule has 1 fully saturated rings. The monoisotopic (exact) mass is 336 g/mol. The van der Waals surface area contributed by atoms with Crippen LogP contribution in [0.25, 0.3) is 21.6 Å². The van der Waals surface area contributed by atoms with Gasteiger partial charge >= 0.3 is 0 Å². The lowest BCUT2D eigenvalue weighted by molar-refractivity contribution is -0.0455. The minimum Gasteiger partial charge on any atom is -0.479 e. The largest absolute Gasteiger partial charge is 0.479 e. The van der Waals surface area contributed by atoms with E-state index in [4.69, 9.17) is 20.7 Å². The normalized spacial score (nSPS) is 29.6. The van der Waals surface area contributed by atoms with Crippen LogP contribution in [0.15, 0.2) is 11.4 Å². The second-order valence-electron chi connectivity index (χ2n) is 5.48. The van der Waals surface area contributed by atoms with Gasteiger partial charge in [-0.1, -0.05) is 5.11 Å². The van der Waals surface area contributed by atoms with Crippen LogP contribution in [0.4, 0.5) is 5.95 Å². The molecule has 4 N–H and O–H groups in total. The fourth-order valence-corrected chi connectivity index (χ4v) is 2.82. The van der Waals surface area contributed by atoms with E-state index in [0.717, 1.165) is 0 Å². The molecule has 0 saturated carbocycles. The highest BCUT2D eigenvalue weighted by molar-refractivity contribution is 5.77. The first-order valence-electron chi connectivity index (χ1n) is 7.01. The number of aliphatic hydroxyl groups is 2. The van der Waals surface area contributed by atoms with Crippen molar-refractivity contribution >= 4 is 17.1 Å². The third-order valence-electron chi connectivity index (χ3n) is 4.05. The SMILES string of the molecule is COc1nc(N)nc2c1ncn2[C@@H]1O[C@H](CO)[C@@H](O)[C@@]1(C)N=[N+]=[N-]. The van der Waals surface area contributed by atoms with Gasteiger partial charge in [0.1, 0.15) is 11.6 Å². The zero-order valence-corrected chi connectivity index (χ0v) is 12.9. The molecule has 3 heterocycles. The Morgan fingerprint density at radius 3 is 2.96 bits per heavy atom. The van der Waals surface area contributed by atoms with Crippen LogP contribution in [0, 0.1) is 0 Å². The van der Waals surface area contributed by atoms with Crippen LogP contribution in [0.2, 0.25) is 0 Å². The minimum absolute atomic E-state index is 0.0381. The van der Waals surface area contributed by atoms with Crippen molar-refractivity contribution in [1.29, 1.82) is 0 Å². The lowest BCUT2D eigenvalue weighted by Crippen LogP contribution is -2.42. The van der Waals surface area contributed by atoms with E-state index in [2.05, 4.69) is 25.0 Å². The summed E-state index contributed by atoms with van der Waals surface area (Å²) >= 11 is 0. The van der Waals surface area contributed by atoms with E-state index in [1.54, 1.807) is 0 Å². The van der Waals surface area contributed by atoms with Gasteiger partial charge in [0.25, 0.3) is 0 Å². The van der Waals surface area contributed by atoms with Crippen molar-refractivity contribution in [3.8, 4) is 5.88 Å². The first-order chi connectivity index (χ1) is 11.5. The number of anilines is 1. The number of nitrogens with two attached hydrogens (primary N) is 1. The third kappa shape index (κ3) is 2.20. The number of aliphatic hydroxyl groups excluding tert-OH is 2. The quantitative estimate of drug-likeness (QED) is 0.388. The molecule has 0 aliphatic carbocycles. The number of imidazole rings is 1. The standard InChI is InChI=1S/C12H16N8O4/c1-12(18-19-14)7(22)5(3-21)24-10(12)20-4-15-6-8(20)16-11(13)17-9(6)23-2/h4-5,7,10,21-22H,3H2,1-2H3,(H2,13,16,17)/t5-,7-,10-,12-/m1/s1. The number of fused-ring (bicyclic) bond motifs is 1. The summed E-state index contributed by atoms with van der Waals surface area (Å²) < 4.78 is 12.3. The first kappa shape index (κ1) is 16.2. The second-order valence-corrected chi connectivity index (χ2v) is 5.48. The van der Waals surface area contributed by atoms with E-state index in [9.17, 15) is 10.2 Å². The Morgan fingerprint density at radius 1 is 1.58 bits per heavy atom. The molecule has 1 aliphatic heterocycles. The maximum Gasteiger partial charge on any atom is 0.246 e. The van der Waals surface area contributed by atoms with Crippen molar-refractivity contribution in [3.63, 3.8) is 0 Å². The molecule has 0 aromatic carbocycles. The van der Waals surface area contributed by atoms with E-state index < -0.39 is 30.6 Å². The third-order valence-corrected chi connectivity index (χ3v) is 4.05. The van der Waals surface area contributed by atoms with Gasteiger partial charge in [-0.25, -0.2) is 4.98 Å². The topological polar surface area (TPSA) is 177 Å². The average molecular weight is 336 g/mol. The van der Waals surface area contributed by atoms with Gasteiger partial charge in [-0.3, -0.25) is 4.57 Å². The zero-order valence-electron chi connectivity index (χ0n) is 12.9. The van der Waals surface area contributed by atoms with E-state index >= 15 is 0 Å². The summed E-state index contributed by atoms with van der Waals surface area (Å²) in [5.41, 5.74) is 13.8. The van der Waals surface area contributed by atoms with Gasteiger partial charge < -0.3 is 25.4 Å². The summed E-state index contributed by atoms with van der Waals surface area (Å²) in [4.78, 5) is 15.0. The van der Waals surface area contributed by atoms with Crippen LogP contribution < -0.4 is 10.5 Å². The van der Waals surface area contributed by atoms with E-state index in [0.29, 0.717) is 5.52 Å². The minimum atomic E-state index is -1.39. The molecule has 0 bridgehead atoms. The van der Waals surface area contributed by atoms with Crippen LogP contribution >= 0.6 is 0 Å². The molecule has 24 heavy (non-hydrogen) atoms. The highest BCUT2D eigenvalue weighted by Gasteiger charge is 2.54. The molecule has 2 aromatic heterocycles. The summed E-state index contributed by atoms with van der Waals surface area (Å²) in [7, 11) is 1.42. The van der Waals surface area contributed by atoms with Crippen molar-refractivity contribution in [3.05, 3.63) is 16.8 Å². The molecule has 1 aliphatic rings. The highest BCUT2D eigenvalue weighted by Crippen LogP contribution is 2.42. The highest BCUT2D eigenvalue weighted by atomic mass is 16.5. The van der Waals surface area contributed by atoms with Crippen LogP contribution in [0.5, 0.6) is 5.88 Å². The van der Waals surface area contributed by atoms with Crippen molar-refractivity contribution in [1.82, 2.24) is 19.5 Å². The van der Waals surface area contributed by atoms with Gasteiger partial charge in [0, 0.05) is 4.91 Å². The van der Waals surface area contributed by atoms with Crippen molar-refractivity contribution in [2.24, 2.45) is 5.11 Å². The van der Waals surface area contributed by atoms with E-state index in [1.807, 2.05) is 0 Å². The fraction of sp³-hybridized carbons (Fsp3) is 0.583. The smallest absolute Gasteiger partial charge is 0.246 e. The van der Waals surface area contributed by atoms with Crippen molar-refractivity contribution < 1.29 is 19.7 Å². The predicted molar refractivity (Wildman–Crippen MR) is 80.8 cm³/mol. The summed E-state index contributed by atoms with van der Waals surface area (Å²) in [5.74, 6) is 0.142. The fourth-order valence-electron chi connectivity index (χ4n) is 2.82. The van der Waals surface area contributed by atoms with Gasteiger partial charge in [-0.2, -0.15) is 9.97 Å². The van der Waals surface area contributed by atoms with E-state index in [1.165, 1.54) is 24.9 Å². The van der Waals surface area contributed by atoms with Gasteiger partial charge in [0.15, 0.2) is 17.4 Å². The van der Waals surface area contributed by atoms with Gasteiger partial charge in [-0.05, 0) is 12.5 Å². The van der Waals surface area contributed by atoms with Crippen LogP contribution in [0.1, 0.15) is 13.2 Å². The number of nitrogen functional groups attached to an aromatic ring is 1. The number of ether oxygens (including phenoxy) is 2. The molecule has 4 atom stereocenters. The molecular formula is C12H16N8O4. The Morgan fingerprint density at radius 2 is 2.33 bits per heavy atom. The van der Waals surface area contributed by atoms with Crippen LogP contribution in [0.3, 0.4) is 0 Å². The maximum atomic E-state index is 10.4. The summed E-state index contributed by atoms with van der Waals surface area (Å²) in [6.45, 7) is 1.08. The Kier molecular flexibility index (Phi) is 3.89. The summed E-state index contributed by atoms with van der Waals surface area (Å²) in [6, 6.07) is 0. The number of nitrogens with zero attached hydrogens (tertiary/aromatic N) is 7. The number of rotatable bonds is 4. The molecule has 128 valence electrons. The van der Waals surface area contributed by atoms with Crippen LogP contribution in [-0.4, -0.2) is 61.2 Å². The van der Waals surface area contributed by atoms with Gasteiger partial charge in [0.05, 0.1) is 26.1 Å². The molecule has 1 saturated heterocycles. The van der Waals surface area contributed by atoms with Gasteiger partial charge in [0.2, 0.25) is 11.8 Å². The molecule has 12 heteroatoms. The summed E-state index contributed by atoms with van der Waals surface area (Å²) in [6.07, 6.45) is -1.71. The number of hydrogen-bond donors (Lipinski definition) is 3. The molecule has 2 aromatic rings. The molecule has 3 rings (SSSR count). The predicted octanol–water partition coefficient (Wildman–Crippen LogP) is -0.263. The lowest BCUT2D eigenvalue weighted by Gasteiger charge is -2.27. The number of azide groups is 1. The van der Waals surface area contributed by atoms with Crippen molar-refractivity contribution in [2.75, 3.05) is 19.5 Å². The lowest BCUT2D eigenvalue weighted by atomic mass is 9.93. The molecule has 12 nitrogen and oxygen atoms in total. The molecule has 0 amide bonds. The number of hydrogen-bond acceptors (Lipinski definition) is 9. The van der Waals surface area contributed by atoms with Crippen LogP contribution in [-0.2, 0) is 4.74 Å². The number of methoxy groups -OCH3 is 1. The Bertz CT molecular complexity index is 819. The zero-order chi connectivity index (χ0) is 17.5. The Labute approximate surface area is 135 Å². The Hall–Kier alpha value is -2.66. The molecule has 0 unspecified atom stereocenters. The molecule has 0 spiro atoms. The second kappa shape index (κ2) is 5.76. The molecule has 0 radical (unpaired) electrons. The Balaban J connectivity index is 2.19. The summed E-state index contributed by atoms with van der Waals surface area (Å²) in [5, 5.41) is 23.4. The first-order valence-corrected chi connectivity index (χ1v) is 7.01. The number of aromatic nitrogens is 4. The maximum absolute atomic E-state index is 10.4. The molecular weight excluding hydrogens is 320 g/mol. The average Bonchev–Trinajstić information content (AvgIpc) is 3.07. The van der Waals surface area contributed by atoms with E-state index in [-0.39, 0.29) is 17.5 Å². The van der Waals surface area contributed by atoms with Crippen molar-refractivity contribution in [2.45, 2.75) is 30.9 Å². The van der Waals surface area contributed by atoms with Gasteiger partial charge in [-0.15, -0.1) is 0 Å².